The van der Waals surface area contributed by atoms with Gasteiger partial charge in [0.1, 0.15) is 5.82 Å². The molecule has 3 aliphatic rings. The molecule has 0 amide bonds. The van der Waals surface area contributed by atoms with Crippen molar-refractivity contribution in [3.8, 4) is 0 Å². The summed E-state index contributed by atoms with van der Waals surface area (Å²) in [6.45, 7) is 8.44. The van der Waals surface area contributed by atoms with Crippen LogP contribution in [-0.2, 0) is 6.42 Å². The van der Waals surface area contributed by atoms with E-state index in [-0.39, 0.29) is 0 Å². The van der Waals surface area contributed by atoms with Crippen molar-refractivity contribution in [3.63, 3.8) is 0 Å². The van der Waals surface area contributed by atoms with Gasteiger partial charge in [0.25, 0.3) is 0 Å². The number of pyridine rings is 1. The van der Waals surface area contributed by atoms with Crippen LogP contribution in [0.5, 0.6) is 0 Å². The van der Waals surface area contributed by atoms with Crippen LogP contribution in [0.4, 0.5) is 0 Å². The molecule has 2 aromatic rings. The quantitative estimate of drug-likeness (QED) is 0.451. The molecule has 1 N–H and O–H groups in total. The summed E-state index contributed by atoms with van der Waals surface area (Å²) in [7, 11) is 0. The maximum Gasteiger partial charge on any atom is 0.194 e. The van der Waals surface area contributed by atoms with E-state index in [4.69, 9.17) is 4.99 Å². The Kier molecular flexibility index (Phi) is 5.88. The highest BCUT2D eigenvalue weighted by Crippen LogP contribution is 2.46. The second kappa shape index (κ2) is 8.92. The Balaban J connectivity index is 1.13. The van der Waals surface area contributed by atoms with Gasteiger partial charge in [0.2, 0.25) is 0 Å². The smallest absolute Gasteiger partial charge is 0.194 e. The summed E-state index contributed by atoms with van der Waals surface area (Å²) in [5.41, 5.74) is 0.915. The summed E-state index contributed by atoms with van der Waals surface area (Å²) < 4.78 is 2.07. The Bertz CT molecular complexity index is 867. The van der Waals surface area contributed by atoms with Crippen molar-refractivity contribution >= 4 is 11.6 Å². The Hall–Kier alpha value is -2.15. The summed E-state index contributed by atoms with van der Waals surface area (Å²) >= 11 is 0. The van der Waals surface area contributed by atoms with E-state index in [1.54, 1.807) is 0 Å². The molecular weight excluding hydrogens is 374 g/mol. The van der Waals surface area contributed by atoms with Crippen LogP contribution < -0.4 is 5.32 Å². The third-order valence-corrected chi connectivity index (χ3v) is 7.32. The molecule has 162 valence electrons. The summed E-state index contributed by atoms with van der Waals surface area (Å²) in [6.07, 6.45) is 9.83. The first-order valence-corrected chi connectivity index (χ1v) is 11.9. The number of aliphatic imine (C=N–C) groups is 1. The van der Waals surface area contributed by atoms with Gasteiger partial charge < -0.3 is 10.2 Å². The largest absolute Gasteiger partial charge is 0.357 e. The standard InChI is InChI=1S/C23H35N7/c1-2-24-23(25-10-5-7-22-27-26-21-6-3-4-11-30(21)22)29-14-12-28(13-15-29)20-17-18-8-9-19(20)16-18/h3-4,6,11,18-20H,2,5,7-10,12-17H2,1H3,(H,24,25). The van der Waals surface area contributed by atoms with Crippen molar-refractivity contribution < 1.29 is 0 Å². The van der Waals surface area contributed by atoms with Crippen molar-refractivity contribution in [2.75, 3.05) is 39.3 Å². The van der Waals surface area contributed by atoms with Crippen LogP contribution in [0, 0.1) is 11.8 Å². The summed E-state index contributed by atoms with van der Waals surface area (Å²) in [4.78, 5) is 10.2. The van der Waals surface area contributed by atoms with E-state index >= 15 is 0 Å². The Morgan fingerprint density at radius 1 is 1.13 bits per heavy atom. The summed E-state index contributed by atoms with van der Waals surface area (Å²) in [5.74, 6) is 4.11. The average Bonchev–Trinajstić information content (AvgIpc) is 3.52. The topological polar surface area (TPSA) is 61.1 Å². The summed E-state index contributed by atoms with van der Waals surface area (Å²) in [6, 6.07) is 6.88. The van der Waals surface area contributed by atoms with Crippen molar-refractivity contribution in [1.82, 2.24) is 29.7 Å². The minimum atomic E-state index is 0.816. The second-order valence-electron chi connectivity index (χ2n) is 9.15. The van der Waals surface area contributed by atoms with Gasteiger partial charge in [-0.15, -0.1) is 10.2 Å². The maximum absolute atomic E-state index is 4.93. The normalized spacial score (nSPS) is 27.3. The lowest BCUT2D eigenvalue weighted by Gasteiger charge is -2.42. The number of guanidine groups is 1. The van der Waals surface area contributed by atoms with Gasteiger partial charge >= 0.3 is 0 Å². The van der Waals surface area contributed by atoms with E-state index in [0.29, 0.717) is 0 Å². The van der Waals surface area contributed by atoms with E-state index in [9.17, 15) is 0 Å². The highest BCUT2D eigenvalue weighted by Gasteiger charge is 2.42. The molecule has 2 aliphatic carbocycles. The highest BCUT2D eigenvalue weighted by molar-refractivity contribution is 5.80. The Morgan fingerprint density at radius 3 is 2.80 bits per heavy atom. The molecule has 7 heteroatoms. The average molecular weight is 410 g/mol. The molecule has 0 radical (unpaired) electrons. The van der Waals surface area contributed by atoms with Crippen LogP contribution in [0.15, 0.2) is 29.4 Å². The minimum Gasteiger partial charge on any atom is -0.357 e. The lowest BCUT2D eigenvalue weighted by molar-refractivity contribution is 0.0958. The monoisotopic (exact) mass is 409 g/mol. The molecule has 3 fully saturated rings. The van der Waals surface area contributed by atoms with Gasteiger partial charge in [-0.3, -0.25) is 14.3 Å². The number of hydrogen-bond donors (Lipinski definition) is 1. The molecule has 2 bridgehead atoms. The van der Waals surface area contributed by atoms with Crippen LogP contribution in [0.3, 0.4) is 0 Å². The second-order valence-corrected chi connectivity index (χ2v) is 9.15. The van der Waals surface area contributed by atoms with E-state index in [2.05, 4.69) is 36.6 Å². The molecule has 5 rings (SSSR count). The van der Waals surface area contributed by atoms with Crippen LogP contribution in [-0.4, -0.2) is 75.7 Å². The summed E-state index contributed by atoms with van der Waals surface area (Å²) in [5, 5.41) is 12.1. The molecule has 3 heterocycles. The van der Waals surface area contributed by atoms with E-state index in [1.807, 2.05) is 24.4 Å². The zero-order valence-corrected chi connectivity index (χ0v) is 18.2. The van der Waals surface area contributed by atoms with Gasteiger partial charge in [-0.25, -0.2) is 0 Å². The third-order valence-electron chi connectivity index (χ3n) is 7.32. The SMILES string of the molecule is CCNC(=NCCCc1nnc2ccccn12)N1CCN(C2CC3CCC2C3)CC1. The Morgan fingerprint density at radius 2 is 2.03 bits per heavy atom. The van der Waals surface area contributed by atoms with Crippen molar-refractivity contribution in [1.29, 1.82) is 0 Å². The molecule has 0 spiro atoms. The lowest BCUT2D eigenvalue weighted by Crippen LogP contribution is -2.55. The third kappa shape index (κ3) is 4.04. The molecule has 7 nitrogen and oxygen atoms in total. The van der Waals surface area contributed by atoms with Gasteiger partial charge in [0.15, 0.2) is 11.6 Å². The van der Waals surface area contributed by atoms with Gasteiger partial charge in [-0.2, -0.15) is 0 Å². The fraction of sp³-hybridized carbons (Fsp3) is 0.696. The molecule has 0 aromatic carbocycles. The first-order chi connectivity index (χ1) is 14.8. The number of aromatic nitrogens is 3. The zero-order valence-electron chi connectivity index (χ0n) is 18.2. The zero-order chi connectivity index (χ0) is 20.3. The fourth-order valence-corrected chi connectivity index (χ4v) is 5.83. The van der Waals surface area contributed by atoms with Crippen molar-refractivity contribution in [3.05, 3.63) is 30.2 Å². The molecular formula is C23H35N7. The minimum absolute atomic E-state index is 0.816. The highest BCUT2D eigenvalue weighted by atomic mass is 15.4. The number of nitrogens with one attached hydrogen (secondary N) is 1. The van der Waals surface area contributed by atoms with E-state index in [1.165, 1.54) is 38.8 Å². The Labute approximate surface area is 179 Å². The fourth-order valence-electron chi connectivity index (χ4n) is 5.83. The number of fused-ring (bicyclic) bond motifs is 3. The van der Waals surface area contributed by atoms with Gasteiger partial charge in [0.05, 0.1) is 0 Å². The van der Waals surface area contributed by atoms with Crippen LogP contribution in [0.2, 0.25) is 0 Å². The van der Waals surface area contributed by atoms with Gasteiger partial charge in [-0.05, 0) is 56.6 Å². The number of nitrogens with zero attached hydrogens (tertiary/aromatic N) is 6. The van der Waals surface area contributed by atoms with Crippen LogP contribution in [0.1, 0.15) is 44.9 Å². The van der Waals surface area contributed by atoms with E-state index < -0.39 is 0 Å². The number of hydrogen-bond acceptors (Lipinski definition) is 4. The first kappa shape index (κ1) is 19.8. The van der Waals surface area contributed by atoms with Crippen LogP contribution >= 0.6 is 0 Å². The predicted octanol–water partition coefficient (Wildman–Crippen LogP) is 2.43. The first-order valence-electron chi connectivity index (χ1n) is 11.9. The number of aryl methyl sites for hydroxylation is 1. The van der Waals surface area contributed by atoms with Crippen molar-refractivity contribution in [2.45, 2.75) is 51.5 Å². The number of piperazine rings is 1. The van der Waals surface area contributed by atoms with Crippen molar-refractivity contribution in [2.24, 2.45) is 16.8 Å². The van der Waals surface area contributed by atoms with Gasteiger partial charge in [0, 0.05) is 57.9 Å². The molecule has 1 aliphatic heterocycles. The molecule has 3 unspecified atom stereocenters. The molecule has 2 saturated carbocycles. The predicted molar refractivity (Wildman–Crippen MR) is 120 cm³/mol. The van der Waals surface area contributed by atoms with E-state index in [0.717, 1.165) is 74.3 Å². The van der Waals surface area contributed by atoms with Gasteiger partial charge in [-0.1, -0.05) is 12.5 Å². The molecule has 3 atom stereocenters. The number of rotatable bonds is 6. The molecule has 2 aromatic heterocycles. The lowest BCUT2D eigenvalue weighted by atomic mass is 9.93. The molecule has 1 saturated heterocycles. The maximum atomic E-state index is 4.93. The molecule has 30 heavy (non-hydrogen) atoms. The van der Waals surface area contributed by atoms with Crippen LogP contribution in [0.25, 0.3) is 5.65 Å².